The van der Waals surface area contributed by atoms with E-state index in [1.807, 2.05) is 13.8 Å². The number of hydrogen-bond acceptors (Lipinski definition) is 10. The number of carbonyl (C=O) groups excluding carboxylic acids is 3. The summed E-state index contributed by atoms with van der Waals surface area (Å²) in [7, 11) is 0. The van der Waals surface area contributed by atoms with Gasteiger partial charge in [-0.3, -0.25) is 14.4 Å². The van der Waals surface area contributed by atoms with Gasteiger partial charge in [-0.25, -0.2) is 0 Å². The van der Waals surface area contributed by atoms with Gasteiger partial charge in [0.25, 0.3) is 0 Å². The molecule has 4 aliphatic rings. The van der Waals surface area contributed by atoms with Crippen LogP contribution in [0.25, 0.3) is 0 Å². The molecule has 0 aromatic rings. The average Bonchev–Trinajstić information content (AvgIpc) is 3.50. The number of aliphatic hydroxyl groups excluding tert-OH is 2. The van der Waals surface area contributed by atoms with E-state index in [0.29, 0.717) is 5.57 Å². The van der Waals surface area contributed by atoms with Gasteiger partial charge in [0.2, 0.25) is 0 Å². The van der Waals surface area contributed by atoms with Gasteiger partial charge < -0.3 is 33.9 Å². The van der Waals surface area contributed by atoms with Crippen LogP contribution >= 0.6 is 0 Å². The summed E-state index contributed by atoms with van der Waals surface area (Å²) in [5.41, 5.74) is -3.23. The normalized spacial score (nSPS) is 44.3. The van der Waals surface area contributed by atoms with Crippen molar-refractivity contribution in [1.82, 2.24) is 0 Å². The second-order valence-electron chi connectivity index (χ2n) is 10.6. The van der Waals surface area contributed by atoms with Gasteiger partial charge >= 0.3 is 17.9 Å². The second-order valence-corrected chi connectivity index (χ2v) is 10.6. The highest BCUT2D eigenvalue weighted by Crippen LogP contribution is 2.72. The predicted octanol–water partition coefficient (Wildman–Crippen LogP) is 0.664. The summed E-state index contributed by atoms with van der Waals surface area (Å²) in [5, 5.41) is 23.4. The summed E-state index contributed by atoms with van der Waals surface area (Å²) in [4.78, 5) is 36.3. The van der Waals surface area contributed by atoms with Crippen LogP contribution in [0.15, 0.2) is 11.6 Å². The summed E-state index contributed by atoms with van der Waals surface area (Å²) in [6, 6.07) is 0. The highest BCUT2D eigenvalue weighted by Gasteiger charge is 2.87. The molecule has 0 aromatic carbocycles. The number of epoxide rings is 1. The Morgan fingerprint density at radius 2 is 1.79 bits per heavy atom. The van der Waals surface area contributed by atoms with Crippen molar-refractivity contribution in [3.63, 3.8) is 0 Å². The van der Waals surface area contributed by atoms with E-state index in [9.17, 15) is 24.6 Å². The van der Waals surface area contributed by atoms with Crippen LogP contribution in [0.5, 0.6) is 0 Å². The molecule has 0 aromatic heterocycles. The largest absolute Gasteiger partial charge is 0.465 e. The fraction of sp³-hybridized carbons (Fsp3) is 0.792. The van der Waals surface area contributed by atoms with Crippen LogP contribution in [0.2, 0.25) is 0 Å². The molecule has 2 saturated heterocycles. The Labute approximate surface area is 198 Å². The van der Waals surface area contributed by atoms with E-state index in [0.717, 1.165) is 0 Å². The molecule has 9 atom stereocenters. The molecule has 3 fully saturated rings. The molecule has 190 valence electrons. The Balaban J connectivity index is 1.83. The Morgan fingerprint density at radius 3 is 2.32 bits per heavy atom. The van der Waals surface area contributed by atoms with E-state index in [4.69, 9.17) is 23.7 Å². The minimum absolute atomic E-state index is 0.0563. The number of aliphatic hydroxyl groups is 2. The molecule has 2 aliphatic carbocycles. The lowest BCUT2D eigenvalue weighted by atomic mass is 9.49. The molecule has 10 heteroatoms. The van der Waals surface area contributed by atoms with Gasteiger partial charge in [-0.05, 0) is 18.4 Å². The van der Waals surface area contributed by atoms with Gasteiger partial charge in [0.05, 0.1) is 18.1 Å². The van der Waals surface area contributed by atoms with Gasteiger partial charge in [-0.2, -0.15) is 0 Å². The number of esters is 3. The molecule has 0 amide bonds. The third-order valence-corrected chi connectivity index (χ3v) is 8.09. The first-order valence-electron chi connectivity index (χ1n) is 11.7. The lowest BCUT2D eigenvalue weighted by Gasteiger charge is -2.60. The summed E-state index contributed by atoms with van der Waals surface area (Å²) in [5.74, 6) is -1.60. The van der Waals surface area contributed by atoms with Crippen molar-refractivity contribution in [2.24, 2.45) is 16.7 Å². The summed E-state index contributed by atoms with van der Waals surface area (Å²) in [6.07, 6.45) is -4.54. The lowest BCUT2D eigenvalue weighted by molar-refractivity contribution is -0.274. The Hall–Kier alpha value is -2.01. The van der Waals surface area contributed by atoms with Crippen molar-refractivity contribution in [1.29, 1.82) is 0 Å². The third kappa shape index (κ3) is 3.33. The first-order valence-corrected chi connectivity index (χ1v) is 11.7. The van der Waals surface area contributed by atoms with Gasteiger partial charge in [0, 0.05) is 25.7 Å². The third-order valence-electron chi connectivity index (χ3n) is 8.09. The van der Waals surface area contributed by atoms with Crippen LogP contribution in [-0.2, 0) is 38.1 Å². The lowest BCUT2D eigenvalue weighted by Crippen LogP contribution is -2.73. The van der Waals surface area contributed by atoms with Crippen molar-refractivity contribution < 1.29 is 48.3 Å². The highest BCUT2D eigenvalue weighted by atomic mass is 16.7. The van der Waals surface area contributed by atoms with E-state index in [2.05, 4.69) is 0 Å². The van der Waals surface area contributed by atoms with Gasteiger partial charge in [-0.15, -0.1) is 0 Å². The van der Waals surface area contributed by atoms with E-state index in [1.54, 1.807) is 19.9 Å². The molecular formula is C24H34O10. The zero-order valence-electron chi connectivity index (χ0n) is 20.4. The maximum atomic E-state index is 12.6. The highest BCUT2D eigenvalue weighted by molar-refractivity contribution is 5.70. The molecule has 4 rings (SSSR count). The fourth-order valence-electron chi connectivity index (χ4n) is 6.33. The number of rotatable bonds is 6. The molecule has 2 heterocycles. The molecule has 2 N–H and O–H groups in total. The maximum Gasteiger partial charge on any atom is 0.306 e. The molecule has 1 saturated carbocycles. The first kappa shape index (κ1) is 25.1. The quantitative estimate of drug-likeness (QED) is 0.240. The maximum absolute atomic E-state index is 12.6. The molecule has 34 heavy (non-hydrogen) atoms. The second kappa shape index (κ2) is 8.29. The monoisotopic (exact) mass is 482 g/mol. The van der Waals surface area contributed by atoms with Crippen LogP contribution in [-0.4, -0.2) is 83.6 Å². The predicted molar refractivity (Wildman–Crippen MR) is 115 cm³/mol. The van der Waals surface area contributed by atoms with Gasteiger partial charge in [0.1, 0.15) is 36.6 Å². The summed E-state index contributed by atoms with van der Waals surface area (Å²) in [6.45, 7) is 9.57. The fourth-order valence-corrected chi connectivity index (χ4v) is 6.33. The van der Waals surface area contributed by atoms with Crippen LogP contribution in [0.1, 0.15) is 48.0 Å². The number of hydrogen-bond donors (Lipinski definition) is 2. The van der Waals surface area contributed by atoms with Crippen molar-refractivity contribution in [3.8, 4) is 0 Å². The van der Waals surface area contributed by atoms with Gasteiger partial charge in [0.15, 0.2) is 6.10 Å². The molecule has 2 aliphatic heterocycles. The van der Waals surface area contributed by atoms with Crippen LogP contribution in [0, 0.1) is 16.7 Å². The molecule has 4 unspecified atom stereocenters. The Kier molecular flexibility index (Phi) is 6.12. The standard InChI is InChI=1S/C24H34O10/c1-11(2)7-16(27)34-17-12(3)8-15-23(20(17)29,9-30-13(4)25)22(6)19(28)18(32-14(5)26)21(33-15)24(22)10-31-24/h8,11,15,17-21,28-29H,7,9-10H2,1-6H3/t15?,17-,18?,19?,20-,21?,22-,23-,24-/m1/s1. The van der Waals surface area contributed by atoms with Crippen molar-refractivity contribution in [2.45, 2.75) is 90.2 Å². The van der Waals surface area contributed by atoms with Crippen molar-refractivity contribution in [2.75, 3.05) is 13.2 Å². The van der Waals surface area contributed by atoms with Crippen molar-refractivity contribution >= 4 is 17.9 Å². The molecule has 0 radical (unpaired) electrons. The first-order chi connectivity index (χ1) is 15.8. The topological polar surface area (TPSA) is 141 Å². The van der Waals surface area contributed by atoms with Gasteiger partial charge in [-0.1, -0.05) is 26.8 Å². The molecule has 10 nitrogen and oxygen atoms in total. The SMILES string of the molecule is CC(=O)OC[C@@]12C(C=C(C)[C@@H](OC(=O)CC(C)C)[C@H]1O)OC1C(OC(C)=O)C(O)[C@@]2(C)[C@@]12CO2. The van der Waals surface area contributed by atoms with E-state index < -0.39 is 71.0 Å². The van der Waals surface area contributed by atoms with E-state index in [1.165, 1.54) is 13.8 Å². The molecule has 1 spiro atoms. The Bertz CT molecular complexity index is 907. The summed E-state index contributed by atoms with van der Waals surface area (Å²) >= 11 is 0. The van der Waals surface area contributed by atoms with Crippen LogP contribution in [0.3, 0.4) is 0 Å². The van der Waals surface area contributed by atoms with Crippen LogP contribution < -0.4 is 0 Å². The minimum Gasteiger partial charge on any atom is -0.465 e. The van der Waals surface area contributed by atoms with Crippen molar-refractivity contribution in [3.05, 3.63) is 11.6 Å². The number of ether oxygens (including phenoxy) is 5. The smallest absolute Gasteiger partial charge is 0.306 e. The number of fused-ring (bicyclic) bond motifs is 2. The average molecular weight is 483 g/mol. The zero-order valence-corrected chi connectivity index (χ0v) is 20.4. The Morgan fingerprint density at radius 1 is 1.15 bits per heavy atom. The zero-order chi connectivity index (χ0) is 25.2. The van der Waals surface area contributed by atoms with Crippen LogP contribution in [0.4, 0.5) is 0 Å². The minimum atomic E-state index is -1.46. The summed E-state index contributed by atoms with van der Waals surface area (Å²) < 4.78 is 28.9. The van der Waals surface area contributed by atoms with E-state index in [-0.39, 0.29) is 25.6 Å². The molecule has 2 bridgehead atoms. The van der Waals surface area contributed by atoms with E-state index >= 15 is 0 Å². The molecular weight excluding hydrogens is 448 g/mol. The number of carbonyl (C=O) groups is 3.